The van der Waals surface area contributed by atoms with Crippen molar-refractivity contribution in [1.29, 1.82) is 0 Å². The second-order valence-corrected chi connectivity index (χ2v) is 6.57. The molecule has 0 aliphatic carbocycles. The van der Waals surface area contributed by atoms with Gasteiger partial charge in [-0.3, -0.25) is 9.59 Å². The molecule has 0 saturated carbocycles. The number of hydrogen-bond acceptors (Lipinski definition) is 4. The molecule has 2 heterocycles. The molecule has 1 fully saturated rings. The molecule has 0 unspecified atom stereocenters. The van der Waals surface area contributed by atoms with E-state index in [1.807, 2.05) is 20.8 Å². The molecule has 2 rings (SSSR count). The minimum absolute atomic E-state index is 0.0490. The van der Waals surface area contributed by atoms with Gasteiger partial charge in [0.1, 0.15) is 6.10 Å². The highest BCUT2D eigenvalue weighted by atomic mass is 16.5. The summed E-state index contributed by atoms with van der Waals surface area (Å²) in [7, 11) is 0. The number of anilines is 1. The maximum atomic E-state index is 12.5. The molecule has 1 amide bonds. The van der Waals surface area contributed by atoms with Crippen LogP contribution in [0.4, 0.5) is 5.69 Å². The number of carbonyl (C=O) groups is 1. The number of amides is 1. The van der Waals surface area contributed by atoms with Crippen molar-refractivity contribution < 1.29 is 14.3 Å². The number of nitrogens with one attached hydrogen (secondary N) is 1. The largest absolute Gasteiger partial charge is 0.376 e. The van der Waals surface area contributed by atoms with Gasteiger partial charge < -0.3 is 19.4 Å². The molecule has 24 heavy (non-hydrogen) atoms. The molecular weight excluding hydrogens is 308 g/mol. The third kappa shape index (κ3) is 5.18. The van der Waals surface area contributed by atoms with Gasteiger partial charge in [0.25, 0.3) is 11.5 Å². The molecule has 1 aromatic rings. The zero-order valence-electron chi connectivity index (χ0n) is 14.8. The first-order chi connectivity index (χ1) is 11.5. The van der Waals surface area contributed by atoms with Gasteiger partial charge >= 0.3 is 0 Å². The lowest BCUT2D eigenvalue weighted by Gasteiger charge is -2.22. The molecule has 6 nitrogen and oxygen atoms in total. The van der Waals surface area contributed by atoms with Crippen LogP contribution < -0.4 is 10.9 Å². The topological polar surface area (TPSA) is 69.6 Å². The predicted octanol–water partition coefficient (Wildman–Crippen LogP) is 2.42. The molecule has 1 aliphatic rings. The van der Waals surface area contributed by atoms with Gasteiger partial charge in [0.2, 0.25) is 0 Å². The number of ether oxygens (including phenoxy) is 2. The molecule has 134 valence electrons. The number of aryl methyl sites for hydroxylation is 1. The van der Waals surface area contributed by atoms with Crippen molar-refractivity contribution in [3.05, 3.63) is 28.7 Å². The Hall–Kier alpha value is -1.66. The Morgan fingerprint density at radius 1 is 1.46 bits per heavy atom. The van der Waals surface area contributed by atoms with Gasteiger partial charge in [0, 0.05) is 25.4 Å². The van der Waals surface area contributed by atoms with Crippen LogP contribution in [-0.2, 0) is 20.8 Å². The Morgan fingerprint density at radius 2 is 2.25 bits per heavy atom. The van der Waals surface area contributed by atoms with E-state index >= 15 is 0 Å². The van der Waals surface area contributed by atoms with Crippen LogP contribution in [0.3, 0.4) is 0 Å². The summed E-state index contributed by atoms with van der Waals surface area (Å²) in [5.74, 6) is -0.141. The summed E-state index contributed by atoms with van der Waals surface area (Å²) in [6.07, 6.45) is 4.11. The average Bonchev–Trinajstić information content (AvgIpc) is 3.04. The minimum Gasteiger partial charge on any atom is -0.376 e. The number of carbonyl (C=O) groups excluding carboxylic acids is 1. The van der Waals surface area contributed by atoms with Gasteiger partial charge in [-0.05, 0) is 31.2 Å². The fourth-order valence-electron chi connectivity index (χ4n) is 2.79. The maximum absolute atomic E-state index is 12.5. The highest BCUT2D eigenvalue weighted by molar-refractivity contribution is 5.94. The quantitative estimate of drug-likeness (QED) is 0.791. The van der Waals surface area contributed by atoms with E-state index in [1.54, 1.807) is 16.8 Å². The summed E-state index contributed by atoms with van der Waals surface area (Å²) in [4.78, 5) is 24.3. The first-order valence-corrected chi connectivity index (χ1v) is 8.75. The highest BCUT2D eigenvalue weighted by Crippen LogP contribution is 2.16. The zero-order valence-corrected chi connectivity index (χ0v) is 14.8. The maximum Gasteiger partial charge on any atom is 0.253 e. The van der Waals surface area contributed by atoms with Crippen molar-refractivity contribution in [2.75, 3.05) is 18.5 Å². The van der Waals surface area contributed by atoms with Gasteiger partial charge in [-0.25, -0.2) is 0 Å². The third-order valence-corrected chi connectivity index (χ3v) is 4.07. The van der Waals surface area contributed by atoms with Crippen molar-refractivity contribution in [2.45, 2.75) is 58.8 Å². The SMILES string of the molecule is CCCn1cc(NC(=O)[C@@H](OC[C@H]2CCCO2)C(C)C)ccc1=O. The minimum atomic E-state index is -0.541. The van der Waals surface area contributed by atoms with Crippen molar-refractivity contribution >= 4 is 11.6 Å². The Balaban J connectivity index is 1.98. The number of nitrogens with zero attached hydrogens (tertiary/aromatic N) is 1. The van der Waals surface area contributed by atoms with Crippen molar-refractivity contribution in [3.8, 4) is 0 Å². The number of rotatable bonds is 8. The normalized spacial score (nSPS) is 18.8. The van der Waals surface area contributed by atoms with Gasteiger partial charge in [0.05, 0.1) is 18.4 Å². The van der Waals surface area contributed by atoms with Gasteiger partial charge in [-0.15, -0.1) is 0 Å². The van der Waals surface area contributed by atoms with E-state index in [9.17, 15) is 9.59 Å². The van der Waals surface area contributed by atoms with E-state index in [2.05, 4.69) is 5.32 Å². The highest BCUT2D eigenvalue weighted by Gasteiger charge is 2.26. The molecule has 0 spiro atoms. The van der Waals surface area contributed by atoms with Crippen LogP contribution in [0.25, 0.3) is 0 Å². The smallest absolute Gasteiger partial charge is 0.253 e. The second-order valence-electron chi connectivity index (χ2n) is 6.57. The van der Waals surface area contributed by atoms with Crippen LogP contribution in [0.1, 0.15) is 40.0 Å². The van der Waals surface area contributed by atoms with Crippen LogP contribution in [0.15, 0.2) is 23.1 Å². The van der Waals surface area contributed by atoms with E-state index in [4.69, 9.17) is 9.47 Å². The first-order valence-electron chi connectivity index (χ1n) is 8.75. The summed E-state index contributed by atoms with van der Waals surface area (Å²) in [5.41, 5.74) is 0.546. The van der Waals surface area contributed by atoms with Crippen molar-refractivity contribution in [3.63, 3.8) is 0 Å². The number of pyridine rings is 1. The molecule has 1 N–H and O–H groups in total. The van der Waals surface area contributed by atoms with E-state index in [1.165, 1.54) is 6.07 Å². The van der Waals surface area contributed by atoms with Gasteiger partial charge in [0.15, 0.2) is 0 Å². The Morgan fingerprint density at radius 3 is 2.88 bits per heavy atom. The molecule has 0 bridgehead atoms. The average molecular weight is 336 g/mol. The Labute approximate surface area is 143 Å². The zero-order chi connectivity index (χ0) is 17.5. The fraction of sp³-hybridized carbons (Fsp3) is 0.667. The monoisotopic (exact) mass is 336 g/mol. The Kier molecular flexibility index (Phi) is 6.99. The Bertz CT molecular complexity index is 591. The lowest BCUT2D eigenvalue weighted by atomic mass is 10.1. The van der Waals surface area contributed by atoms with E-state index in [0.29, 0.717) is 18.8 Å². The van der Waals surface area contributed by atoms with Crippen LogP contribution in [0.2, 0.25) is 0 Å². The number of aromatic nitrogens is 1. The van der Waals surface area contributed by atoms with Crippen LogP contribution in [-0.4, -0.2) is 35.9 Å². The van der Waals surface area contributed by atoms with E-state index < -0.39 is 6.10 Å². The van der Waals surface area contributed by atoms with Crippen LogP contribution >= 0.6 is 0 Å². The molecule has 2 atom stereocenters. The van der Waals surface area contributed by atoms with Crippen LogP contribution in [0.5, 0.6) is 0 Å². The number of hydrogen-bond donors (Lipinski definition) is 1. The predicted molar refractivity (Wildman–Crippen MR) is 93.2 cm³/mol. The molecule has 0 radical (unpaired) electrons. The van der Waals surface area contributed by atoms with Crippen molar-refractivity contribution in [2.24, 2.45) is 5.92 Å². The molecule has 1 saturated heterocycles. The molecule has 0 aromatic carbocycles. The summed E-state index contributed by atoms with van der Waals surface area (Å²) < 4.78 is 13.0. The van der Waals surface area contributed by atoms with Crippen molar-refractivity contribution in [1.82, 2.24) is 4.57 Å². The summed E-state index contributed by atoms with van der Waals surface area (Å²) in [6, 6.07) is 3.10. The summed E-state index contributed by atoms with van der Waals surface area (Å²) in [5, 5.41) is 2.86. The van der Waals surface area contributed by atoms with Crippen LogP contribution in [0, 0.1) is 5.92 Å². The first kappa shape index (κ1) is 18.7. The molecule has 6 heteroatoms. The summed E-state index contributed by atoms with van der Waals surface area (Å²) in [6.45, 7) is 7.75. The standard InChI is InChI=1S/C18H28N2O4/c1-4-9-20-11-14(7-8-16(20)21)19-18(22)17(13(2)3)24-12-15-6-5-10-23-15/h7-8,11,13,15,17H,4-6,9-10,12H2,1-3H3,(H,19,22)/t15-,17+/m1/s1. The molecular formula is C18H28N2O4. The van der Waals surface area contributed by atoms with E-state index in [-0.39, 0.29) is 23.5 Å². The summed E-state index contributed by atoms with van der Waals surface area (Å²) >= 11 is 0. The van der Waals surface area contributed by atoms with E-state index in [0.717, 1.165) is 25.9 Å². The molecule has 1 aliphatic heterocycles. The lowest BCUT2D eigenvalue weighted by Crippen LogP contribution is -2.37. The van der Waals surface area contributed by atoms with Gasteiger partial charge in [-0.2, -0.15) is 0 Å². The molecule has 1 aromatic heterocycles. The van der Waals surface area contributed by atoms with Gasteiger partial charge in [-0.1, -0.05) is 20.8 Å². The third-order valence-electron chi connectivity index (χ3n) is 4.07. The second kappa shape index (κ2) is 8.99. The fourth-order valence-corrected chi connectivity index (χ4v) is 2.79. The lowest BCUT2D eigenvalue weighted by molar-refractivity contribution is -0.132.